The first-order valence-electron chi connectivity index (χ1n) is 9.86. The van der Waals surface area contributed by atoms with Gasteiger partial charge >= 0.3 is 0 Å². The highest BCUT2D eigenvalue weighted by Gasteiger charge is 2.42. The van der Waals surface area contributed by atoms with E-state index in [1.54, 1.807) is 30.1 Å². The first-order chi connectivity index (χ1) is 14.5. The number of nitrogen functional groups attached to an aromatic ring is 1. The van der Waals surface area contributed by atoms with Crippen LogP contribution in [0.25, 0.3) is 27.7 Å². The lowest BCUT2D eigenvalue weighted by Gasteiger charge is -2.15. The molecule has 1 aliphatic carbocycles. The number of ether oxygens (including phenoxy) is 1. The maximum atomic E-state index is 13.7. The summed E-state index contributed by atoms with van der Waals surface area (Å²) in [6.45, 7) is 0.777. The second kappa shape index (κ2) is 7.28. The zero-order valence-electron chi connectivity index (χ0n) is 16.5. The molecule has 0 saturated heterocycles. The molecule has 8 heteroatoms. The molecule has 0 bridgehead atoms. The van der Waals surface area contributed by atoms with Crippen molar-refractivity contribution in [1.82, 2.24) is 19.6 Å². The van der Waals surface area contributed by atoms with E-state index in [9.17, 15) is 4.39 Å². The molecular formula is C22H21BrFN5O. The van der Waals surface area contributed by atoms with Crippen LogP contribution in [-0.2, 0) is 11.2 Å². The minimum Gasteiger partial charge on any atom is -0.384 e. The summed E-state index contributed by atoms with van der Waals surface area (Å²) < 4.78 is 21.5. The van der Waals surface area contributed by atoms with Gasteiger partial charge < -0.3 is 10.5 Å². The fourth-order valence-corrected chi connectivity index (χ4v) is 4.45. The van der Waals surface area contributed by atoms with Gasteiger partial charge in [0, 0.05) is 29.8 Å². The molecule has 4 aromatic rings. The fraction of sp³-hybridized carbons (Fsp3) is 0.318. The van der Waals surface area contributed by atoms with Crippen LogP contribution in [0.2, 0.25) is 0 Å². The zero-order valence-corrected chi connectivity index (χ0v) is 18.1. The van der Waals surface area contributed by atoms with Crippen LogP contribution in [0.1, 0.15) is 25.0 Å². The first kappa shape index (κ1) is 19.4. The Morgan fingerprint density at radius 1 is 1.27 bits per heavy atom. The molecule has 0 spiro atoms. The van der Waals surface area contributed by atoms with Gasteiger partial charge in [-0.1, -0.05) is 0 Å². The summed E-state index contributed by atoms with van der Waals surface area (Å²) in [7, 11) is 1.75. The normalized spacial score (nSPS) is 15.2. The Hall–Kier alpha value is -2.58. The van der Waals surface area contributed by atoms with Gasteiger partial charge in [0.1, 0.15) is 11.6 Å². The number of hydrogen-bond acceptors (Lipinski definition) is 5. The standard InChI is InChI=1S/C22H21BrFN5O/c1-30-12-22(6-7-22)5-4-18-19(23)20(25)29-21(28-18)16(11-27-29)14-8-13-9-15(24)2-3-17(13)26-10-14/h2-3,8-11H,4-7,12,25H2,1H3. The van der Waals surface area contributed by atoms with Gasteiger partial charge in [-0.3, -0.25) is 4.98 Å². The quantitative estimate of drug-likeness (QED) is 0.439. The van der Waals surface area contributed by atoms with Crippen LogP contribution in [-0.4, -0.2) is 33.3 Å². The second-order valence-corrected chi connectivity index (χ2v) is 8.84. The molecule has 0 amide bonds. The summed E-state index contributed by atoms with van der Waals surface area (Å²) in [4.78, 5) is 9.35. The number of benzene rings is 1. The summed E-state index contributed by atoms with van der Waals surface area (Å²) >= 11 is 3.60. The van der Waals surface area contributed by atoms with Crippen LogP contribution in [0.4, 0.5) is 10.2 Å². The molecule has 3 heterocycles. The fourth-order valence-electron chi connectivity index (χ4n) is 4.00. The minimum absolute atomic E-state index is 0.270. The van der Waals surface area contributed by atoms with E-state index in [-0.39, 0.29) is 11.2 Å². The van der Waals surface area contributed by atoms with Crippen LogP contribution < -0.4 is 5.73 Å². The Balaban J connectivity index is 1.56. The van der Waals surface area contributed by atoms with Crippen molar-refractivity contribution in [2.45, 2.75) is 25.7 Å². The van der Waals surface area contributed by atoms with Crippen molar-refractivity contribution in [3.63, 3.8) is 0 Å². The number of fused-ring (bicyclic) bond motifs is 2. The number of aromatic nitrogens is 4. The Morgan fingerprint density at radius 2 is 2.10 bits per heavy atom. The molecule has 0 aliphatic heterocycles. The van der Waals surface area contributed by atoms with Crippen molar-refractivity contribution in [3.05, 3.63) is 52.6 Å². The minimum atomic E-state index is -0.292. The molecule has 30 heavy (non-hydrogen) atoms. The van der Waals surface area contributed by atoms with Crippen molar-refractivity contribution >= 4 is 38.3 Å². The first-order valence-corrected chi connectivity index (χ1v) is 10.7. The van der Waals surface area contributed by atoms with E-state index in [1.165, 1.54) is 25.0 Å². The third-order valence-electron chi connectivity index (χ3n) is 5.95. The number of halogens is 2. The number of pyridine rings is 1. The van der Waals surface area contributed by atoms with Gasteiger partial charge in [0.05, 0.1) is 28.5 Å². The number of nitrogens with two attached hydrogens (primary N) is 1. The summed E-state index contributed by atoms with van der Waals surface area (Å²) in [5, 5.41) is 5.15. The Bertz CT molecular complexity index is 1270. The molecule has 5 rings (SSSR count). The Morgan fingerprint density at radius 3 is 2.87 bits per heavy atom. The molecule has 1 aromatic carbocycles. The highest BCUT2D eigenvalue weighted by atomic mass is 79.9. The number of hydrogen-bond donors (Lipinski definition) is 1. The van der Waals surface area contributed by atoms with E-state index in [0.29, 0.717) is 11.5 Å². The van der Waals surface area contributed by atoms with Crippen molar-refractivity contribution < 1.29 is 9.13 Å². The summed E-state index contributed by atoms with van der Waals surface area (Å²) in [5.74, 6) is 0.220. The summed E-state index contributed by atoms with van der Waals surface area (Å²) in [5.41, 5.74) is 10.6. The van der Waals surface area contributed by atoms with Gasteiger partial charge in [0.2, 0.25) is 0 Å². The zero-order chi connectivity index (χ0) is 20.9. The van der Waals surface area contributed by atoms with Crippen LogP contribution in [0.5, 0.6) is 0 Å². The van der Waals surface area contributed by atoms with Crippen LogP contribution >= 0.6 is 15.9 Å². The molecule has 2 N–H and O–H groups in total. The number of aryl methyl sites for hydroxylation is 1. The van der Waals surface area contributed by atoms with E-state index in [1.807, 2.05) is 6.07 Å². The molecule has 1 saturated carbocycles. The second-order valence-electron chi connectivity index (χ2n) is 8.05. The Kier molecular flexibility index (Phi) is 4.71. The lowest BCUT2D eigenvalue weighted by molar-refractivity contribution is 0.136. The van der Waals surface area contributed by atoms with E-state index in [2.05, 4.69) is 26.0 Å². The van der Waals surface area contributed by atoms with Crippen molar-refractivity contribution in [3.8, 4) is 11.1 Å². The van der Waals surface area contributed by atoms with E-state index in [4.69, 9.17) is 15.5 Å². The predicted octanol–water partition coefficient (Wildman–Crippen LogP) is 4.79. The van der Waals surface area contributed by atoms with Crippen LogP contribution in [0, 0.1) is 11.2 Å². The number of rotatable bonds is 6. The van der Waals surface area contributed by atoms with Gasteiger partial charge in [-0.25, -0.2) is 9.37 Å². The molecule has 3 aromatic heterocycles. The SMILES string of the molecule is COCC1(CCc2nc3c(-c4cnc5ccc(F)cc5c4)cnn3c(N)c2Br)CC1. The van der Waals surface area contributed by atoms with E-state index < -0.39 is 0 Å². The average molecular weight is 470 g/mol. The summed E-state index contributed by atoms with van der Waals surface area (Å²) in [6.07, 6.45) is 7.67. The van der Waals surface area contributed by atoms with Gasteiger partial charge in [-0.2, -0.15) is 9.61 Å². The molecular weight excluding hydrogens is 449 g/mol. The van der Waals surface area contributed by atoms with E-state index >= 15 is 0 Å². The smallest absolute Gasteiger partial charge is 0.165 e. The topological polar surface area (TPSA) is 78.3 Å². The molecule has 0 unspecified atom stereocenters. The van der Waals surface area contributed by atoms with Gasteiger partial charge in [0.15, 0.2) is 5.65 Å². The number of methoxy groups -OCH3 is 1. The molecule has 6 nitrogen and oxygen atoms in total. The third-order valence-corrected chi connectivity index (χ3v) is 6.81. The monoisotopic (exact) mass is 469 g/mol. The van der Waals surface area contributed by atoms with E-state index in [0.717, 1.165) is 51.6 Å². The highest BCUT2D eigenvalue weighted by Crippen LogP contribution is 2.49. The number of nitrogens with zero attached hydrogens (tertiary/aromatic N) is 4. The number of anilines is 1. The summed E-state index contributed by atoms with van der Waals surface area (Å²) in [6, 6.07) is 6.46. The maximum Gasteiger partial charge on any atom is 0.165 e. The van der Waals surface area contributed by atoms with Crippen molar-refractivity contribution in [2.75, 3.05) is 19.5 Å². The third kappa shape index (κ3) is 3.33. The lowest BCUT2D eigenvalue weighted by Crippen LogP contribution is -2.12. The Labute approximate surface area is 181 Å². The van der Waals surface area contributed by atoms with Gasteiger partial charge in [-0.05, 0) is 71.3 Å². The van der Waals surface area contributed by atoms with Gasteiger partial charge in [-0.15, -0.1) is 0 Å². The van der Waals surface area contributed by atoms with Crippen LogP contribution in [0.15, 0.2) is 41.1 Å². The van der Waals surface area contributed by atoms with Gasteiger partial charge in [0.25, 0.3) is 0 Å². The molecule has 0 radical (unpaired) electrons. The molecule has 0 atom stereocenters. The largest absolute Gasteiger partial charge is 0.384 e. The maximum absolute atomic E-state index is 13.7. The molecule has 1 aliphatic rings. The molecule has 1 fully saturated rings. The van der Waals surface area contributed by atoms with Crippen molar-refractivity contribution in [1.29, 1.82) is 0 Å². The average Bonchev–Trinajstić information content (AvgIpc) is 3.37. The van der Waals surface area contributed by atoms with Crippen molar-refractivity contribution in [2.24, 2.45) is 5.41 Å². The lowest BCUT2D eigenvalue weighted by atomic mass is 10.00. The predicted molar refractivity (Wildman–Crippen MR) is 118 cm³/mol. The highest BCUT2D eigenvalue weighted by molar-refractivity contribution is 9.10. The van der Waals surface area contributed by atoms with Crippen LogP contribution in [0.3, 0.4) is 0 Å². The molecule has 154 valence electrons.